The number of aromatic nitrogens is 3. The van der Waals surface area contributed by atoms with E-state index < -0.39 is 10.0 Å². The summed E-state index contributed by atoms with van der Waals surface area (Å²) >= 11 is 0. The molecule has 118 valence electrons. The molecule has 0 radical (unpaired) electrons. The van der Waals surface area contributed by atoms with Gasteiger partial charge in [-0.05, 0) is 33.1 Å². The number of sulfonamides is 1. The third-order valence-electron chi connectivity index (χ3n) is 3.88. The molecule has 1 unspecified atom stereocenters. The molecule has 1 aliphatic rings. The third kappa shape index (κ3) is 3.71. The van der Waals surface area contributed by atoms with Crippen LogP contribution in [0.15, 0.2) is 19.0 Å². The molecule has 0 amide bonds. The monoisotopic (exact) mass is 312 g/mol. The lowest BCUT2D eigenvalue weighted by Crippen LogP contribution is -2.40. The van der Waals surface area contributed by atoms with Gasteiger partial charge in [0.15, 0.2) is 0 Å². The number of hydrogen-bond donors (Lipinski definition) is 0. The van der Waals surface area contributed by atoms with E-state index in [1.54, 1.807) is 16.7 Å². The van der Waals surface area contributed by atoms with Crippen molar-refractivity contribution >= 4 is 10.0 Å². The van der Waals surface area contributed by atoms with Gasteiger partial charge in [-0.1, -0.05) is 6.08 Å². The largest absolute Gasteiger partial charge is 0.315 e. The molecule has 2 rings (SSSR count). The van der Waals surface area contributed by atoms with E-state index in [1.807, 2.05) is 4.57 Å². The molecule has 21 heavy (non-hydrogen) atoms. The Bertz CT molecular complexity index is 580. The van der Waals surface area contributed by atoms with Crippen LogP contribution in [0.25, 0.3) is 0 Å². The summed E-state index contributed by atoms with van der Waals surface area (Å²) in [4.78, 5) is 0. The summed E-state index contributed by atoms with van der Waals surface area (Å²) in [6, 6.07) is 0.280. The summed E-state index contributed by atoms with van der Waals surface area (Å²) in [6.07, 6.45) is 5.69. The molecule has 0 bridgehead atoms. The van der Waals surface area contributed by atoms with Gasteiger partial charge >= 0.3 is 0 Å². The van der Waals surface area contributed by atoms with Crippen molar-refractivity contribution in [2.75, 3.05) is 18.8 Å². The van der Waals surface area contributed by atoms with Crippen molar-refractivity contribution in [3.05, 3.63) is 24.8 Å². The van der Waals surface area contributed by atoms with Crippen LogP contribution in [0, 0.1) is 0 Å². The van der Waals surface area contributed by atoms with E-state index in [-0.39, 0.29) is 17.7 Å². The molecule has 6 nitrogen and oxygen atoms in total. The molecule has 1 atom stereocenters. The average Bonchev–Trinajstić information content (AvgIpc) is 2.95. The minimum atomic E-state index is -3.20. The fraction of sp³-hybridized carbons (Fsp3) is 0.714. The Hall–Kier alpha value is -1.21. The van der Waals surface area contributed by atoms with Gasteiger partial charge in [-0.25, -0.2) is 12.7 Å². The molecule has 0 aliphatic carbocycles. The van der Waals surface area contributed by atoms with Crippen LogP contribution < -0.4 is 0 Å². The van der Waals surface area contributed by atoms with Gasteiger partial charge in [0.1, 0.15) is 12.2 Å². The fourth-order valence-corrected chi connectivity index (χ4v) is 4.25. The van der Waals surface area contributed by atoms with Crippen LogP contribution in [0.3, 0.4) is 0 Å². The molecule has 0 saturated carbocycles. The Morgan fingerprint density at radius 3 is 2.95 bits per heavy atom. The van der Waals surface area contributed by atoms with Gasteiger partial charge in [-0.3, -0.25) is 0 Å². The van der Waals surface area contributed by atoms with E-state index in [2.05, 4.69) is 30.6 Å². The molecule has 0 spiro atoms. The number of hydrogen-bond acceptors (Lipinski definition) is 4. The van der Waals surface area contributed by atoms with E-state index in [0.29, 0.717) is 19.5 Å². The van der Waals surface area contributed by atoms with Crippen molar-refractivity contribution in [2.24, 2.45) is 0 Å². The van der Waals surface area contributed by atoms with E-state index in [1.165, 1.54) is 0 Å². The first kappa shape index (κ1) is 16.2. The van der Waals surface area contributed by atoms with Crippen molar-refractivity contribution in [1.29, 1.82) is 0 Å². The van der Waals surface area contributed by atoms with Crippen LogP contribution in [0.2, 0.25) is 0 Å². The van der Waals surface area contributed by atoms with Crippen molar-refractivity contribution in [3.8, 4) is 0 Å². The van der Waals surface area contributed by atoms with Gasteiger partial charge in [0.05, 0.1) is 5.75 Å². The van der Waals surface area contributed by atoms with E-state index in [0.717, 1.165) is 18.7 Å². The molecule has 1 saturated heterocycles. The fourth-order valence-electron chi connectivity index (χ4n) is 2.71. The van der Waals surface area contributed by atoms with Gasteiger partial charge < -0.3 is 4.57 Å². The summed E-state index contributed by atoms with van der Waals surface area (Å²) in [7, 11) is -3.20. The van der Waals surface area contributed by atoms with Crippen LogP contribution in [-0.2, 0) is 10.0 Å². The SMILES string of the molecule is C=CCCS(=O)(=O)N1CCCC(c2nncn2C(C)C)C1. The average molecular weight is 312 g/mol. The molecular weight excluding hydrogens is 288 g/mol. The lowest BCUT2D eigenvalue weighted by Gasteiger charge is -2.31. The topological polar surface area (TPSA) is 68.1 Å². The summed E-state index contributed by atoms with van der Waals surface area (Å²) in [5.41, 5.74) is 0. The molecule has 2 heterocycles. The lowest BCUT2D eigenvalue weighted by molar-refractivity contribution is 0.302. The smallest absolute Gasteiger partial charge is 0.214 e. The van der Waals surface area contributed by atoms with Gasteiger partial charge in [-0.2, -0.15) is 0 Å². The van der Waals surface area contributed by atoms with Crippen LogP contribution in [0.5, 0.6) is 0 Å². The summed E-state index contributed by atoms with van der Waals surface area (Å²) in [5.74, 6) is 1.16. The zero-order valence-corrected chi connectivity index (χ0v) is 13.6. The van der Waals surface area contributed by atoms with Crippen LogP contribution in [0.1, 0.15) is 50.9 Å². The minimum absolute atomic E-state index is 0.127. The highest BCUT2D eigenvalue weighted by Crippen LogP contribution is 2.28. The molecule has 0 aromatic carbocycles. The molecule has 1 aliphatic heterocycles. The first-order chi connectivity index (χ1) is 9.95. The maximum Gasteiger partial charge on any atom is 0.214 e. The summed E-state index contributed by atoms with van der Waals surface area (Å²) < 4.78 is 28.3. The zero-order valence-electron chi connectivity index (χ0n) is 12.8. The Kier molecular flexibility index (Phi) is 5.16. The van der Waals surface area contributed by atoms with Crippen molar-refractivity contribution < 1.29 is 8.42 Å². The summed E-state index contributed by atoms with van der Waals surface area (Å²) in [5, 5.41) is 8.20. The normalized spacial score (nSPS) is 20.8. The Morgan fingerprint density at radius 2 is 2.29 bits per heavy atom. The second-order valence-electron chi connectivity index (χ2n) is 5.78. The molecule has 1 aromatic rings. The van der Waals surface area contributed by atoms with Gasteiger partial charge in [-0.15, -0.1) is 16.8 Å². The summed E-state index contributed by atoms with van der Waals surface area (Å²) in [6.45, 7) is 8.85. The molecule has 1 aromatic heterocycles. The molecule has 0 N–H and O–H groups in total. The standard InChI is InChI=1S/C14H24N4O2S/c1-4-5-9-21(19,20)17-8-6-7-13(10-17)14-16-15-11-18(14)12(2)3/h4,11-13H,1,5-10H2,2-3H3. The molecule has 1 fully saturated rings. The maximum absolute atomic E-state index is 12.3. The van der Waals surface area contributed by atoms with Crippen LogP contribution >= 0.6 is 0 Å². The Morgan fingerprint density at radius 1 is 1.52 bits per heavy atom. The van der Waals surface area contributed by atoms with Gasteiger partial charge in [0.2, 0.25) is 10.0 Å². The predicted molar refractivity (Wildman–Crippen MR) is 82.6 cm³/mol. The predicted octanol–water partition coefficient (Wildman–Crippen LogP) is 1.94. The number of allylic oxidation sites excluding steroid dienone is 1. The second-order valence-corrected chi connectivity index (χ2v) is 7.87. The molecular formula is C14H24N4O2S. The maximum atomic E-state index is 12.3. The van der Waals surface area contributed by atoms with Crippen LogP contribution in [0.4, 0.5) is 0 Å². The number of piperidine rings is 1. The van der Waals surface area contributed by atoms with Crippen molar-refractivity contribution in [2.45, 2.75) is 45.1 Å². The lowest BCUT2D eigenvalue weighted by atomic mass is 9.98. The second kappa shape index (κ2) is 6.70. The van der Waals surface area contributed by atoms with E-state index in [9.17, 15) is 8.42 Å². The molecule has 7 heteroatoms. The quantitative estimate of drug-likeness (QED) is 0.753. The Balaban J connectivity index is 2.14. The van der Waals surface area contributed by atoms with Crippen molar-refractivity contribution in [1.82, 2.24) is 19.1 Å². The van der Waals surface area contributed by atoms with E-state index >= 15 is 0 Å². The number of rotatable bonds is 6. The zero-order chi connectivity index (χ0) is 15.5. The van der Waals surface area contributed by atoms with E-state index in [4.69, 9.17) is 0 Å². The highest BCUT2D eigenvalue weighted by atomic mass is 32.2. The van der Waals surface area contributed by atoms with Crippen LogP contribution in [-0.4, -0.2) is 46.3 Å². The van der Waals surface area contributed by atoms with Gasteiger partial charge in [0.25, 0.3) is 0 Å². The Labute approximate surface area is 126 Å². The highest BCUT2D eigenvalue weighted by molar-refractivity contribution is 7.89. The first-order valence-electron chi connectivity index (χ1n) is 7.44. The minimum Gasteiger partial charge on any atom is -0.315 e. The van der Waals surface area contributed by atoms with Crippen molar-refractivity contribution in [3.63, 3.8) is 0 Å². The van der Waals surface area contributed by atoms with Gasteiger partial charge in [0, 0.05) is 25.0 Å². The third-order valence-corrected chi connectivity index (χ3v) is 5.75. The highest BCUT2D eigenvalue weighted by Gasteiger charge is 2.31. The first-order valence-corrected chi connectivity index (χ1v) is 9.04. The number of nitrogens with zero attached hydrogens (tertiary/aromatic N) is 4.